The van der Waals surface area contributed by atoms with E-state index < -0.39 is 0 Å². The van der Waals surface area contributed by atoms with Crippen LogP contribution >= 0.6 is 0 Å². The molecule has 0 aliphatic rings. The van der Waals surface area contributed by atoms with Crippen LogP contribution in [0.1, 0.15) is 5.56 Å². The van der Waals surface area contributed by atoms with Gasteiger partial charge < -0.3 is 0 Å². The van der Waals surface area contributed by atoms with Gasteiger partial charge in [-0.15, -0.1) is 0 Å². The molecule has 0 atom stereocenters. The Morgan fingerprint density at radius 1 is 0.652 bits per heavy atom. The first-order valence-corrected chi connectivity index (χ1v) is 7.52. The maximum Gasteiger partial charge on any atom is 0.255 e. The van der Waals surface area contributed by atoms with Crippen LogP contribution < -0.4 is 4.90 Å². The molecule has 0 aromatic heterocycles. The summed E-state index contributed by atoms with van der Waals surface area (Å²) < 4.78 is 0. The standard InChI is InChI=1S/C21H17NO/c23-21(17-16-18-10-4-1-5-11-18)22(19-12-6-2-7-13-19)20-14-8-3-9-15-20/h1-17H/b17-16-. The van der Waals surface area contributed by atoms with Gasteiger partial charge in [-0.2, -0.15) is 0 Å². The van der Waals surface area contributed by atoms with Crippen LogP contribution in [0.3, 0.4) is 0 Å². The van der Waals surface area contributed by atoms with Crippen molar-refractivity contribution in [3.63, 3.8) is 0 Å². The van der Waals surface area contributed by atoms with Crippen molar-refractivity contribution in [3.05, 3.63) is 103 Å². The third-order valence-corrected chi connectivity index (χ3v) is 3.47. The van der Waals surface area contributed by atoms with Crippen LogP contribution in [0.5, 0.6) is 0 Å². The molecule has 3 aromatic carbocycles. The number of amides is 1. The van der Waals surface area contributed by atoms with Crippen molar-refractivity contribution in [2.45, 2.75) is 0 Å². The van der Waals surface area contributed by atoms with Gasteiger partial charge in [-0.25, -0.2) is 0 Å². The monoisotopic (exact) mass is 299 g/mol. The highest BCUT2D eigenvalue weighted by Crippen LogP contribution is 2.25. The van der Waals surface area contributed by atoms with Gasteiger partial charge in [-0.05, 0) is 35.9 Å². The Morgan fingerprint density at radius 3 is 1.57 bits per heavy atom. The zero-order chi connectivity index (χ0) is 15.9. The molecule has 1 amide bonds. The molecule has 0 N–H and O–H groups in total. The molecule has 0 aliphatic heterocycles. The minimum absolute atomic E-state index is 0.0775. The first-order valence-electron chi connectivity index (χ1n) is 7.52. The number of anilines is 2. The summed E-state index contributed by atoms with van der Waals surface area (Å²) in [5.74, 6) is -0.0775. The second kappa shape index (κ2) is 7.23. The summed E-state index contributed by atoms with van der Waals surface area (Å²) in [5.41, 5.74) is 2.70. The van der Waals surface area contributed by atoms with Gasteiger partial charge in [0.2, 0.25) is 0 Å². The number of benzene rings is 3. The Labute approximate surface area is 136 Å². The molecule has 3 rings (SSSR count). The second-order valence-electron chi connectivity index (χ2n) is 5.09. The molecule has 112 valence electrons. The van der Waals surface area contributed by atoms with E-state index in [1.807, 2.05) is 97.1 Å². The van der Waals surface area contributed by atoms with E-state index in [-0.39, 0.29) is 5.91 Å². The van der Waals surface area contributed by atoms with Gasteiger partial charge in [0.1, 0.15) is 0 Å². The van der Waals surface area contributed by atoms with E-state index in [0.29, 0.717) is 0 Å². The predicted molar refractivity (Wildman–Crippen MR) is 95.5 cm³/mol. The molecule has 0 unspecified atom stereocenters. The van der Waals surface area contributed by atoms with Crippen molar-refractivity contribution in [3.8, 4) is 0 Å². The highest BCUT2D eigenvalue weighted by atomic mass is 16.2. The molecule has 0 saturated heterocycles. The normalized spacial score (nSPS) is 10.6. The van der Waals surface area contributed by atoms with Gasteiger partial charge in [0.25, 0.3) is 5.91 Å². The molecule has 0 radical (unpaired) electrons. The third-order valence-electron chi connectivity index (χ3n) is 3.47. The van der Waals surface area contributed by atoms with Crippen LogP contribution in [0.4, 0.5) is 11.4 Å². The van der Waals surface area contributed by atoms with Crippen LogP contribution in [-0.4, -0.2) is 5.91 Å². The summed E-state index contributed by atoms with van der Waals surface area (Å²) in [7, 11) is 0. The van der Waals surface area contributed by atoms with E-state index in [2.05, 4.69) is 0 Å². The number of hydrogen-bond acceptors (Lipinski definition) is 1. The first-order chi connectivity index (χ1) is 11.3. The number of carbonyl (C=O) groups is 1. The molecule has 0 bridgehead atoms. The average Bonchev–Trinajstić information content (AvgIpc) is 2.63. The third kappa shape index (κ3) is 3.74. The van der Waals surface area contributed by atoms with Crippen molar-refractivity contribution in [2.24, 2.45) is 0 Å². The molecule has 2 heteroatoms. The largest absolute Gasteiger partial charge is 0.278 e. The molecule has 0 aliphatic carbocycles. The number of para-hydroxylation sites is 2. The van der Waals surface area contributed by atoms with E-state index in [1.54, 1.807) is 11.0 Å². The lowest BCUT2D eigenvalue weighted by molar-refractivity contribution is -0.113. The van der Waals surface area contributed by atoms with E-state index in [4.69, 9.17) is 0 Å². The van der Waals surface area contributed by atoms with Crippen LogP contribution in [0.2, 0.25) is 0 Å². The fraction of sp³-hybridized carbons (Fsp3) is 0. The highest BCUT2D eigenvalue weighted by molar-refractivity contribution is 6.08. The molecule has 0 fully saturated rings. The average molecular weight is 299 g/mol. The van der Waals surface area contributed by atoms with Gasteiger partial charge in [0.05, 0.1) is 0 Å². The number of rotatable bonds is 4. The Hall–Kier alpha value is -3.13. The maximum atomic E-state index is 12.8. The van der Waals surface area contributed by atoms with Crippen LogP contribution in [0.15, 0.2) is 97.1 Å². The lowest BCUT2D eigenvalue weighted by atomic mass is 10.2. The predicted octanol–water partition coefficient (Wildman–Crippen LogP) is 5.06. The van der Waals surface area contributed by atoms with Crippen molar-refractivity contribution < 1.29 is 4.79 Å². The van der Waals surface area contributed by atoms with E-state index in [0.717, 1.165) is 16.9 Å². The summed E-state index contributed by atoms with van der Waals surface area (Å²) in [6.07, 6.45) is 3.44. The molecule has 0 heterocycles. The van der Waals surface area contributed by atoms with Crippen LogP contribution in [-0.2, 0) is 4.79 Å². The fourth-order valence-corrected chi connectivity index (χ4v) is 2.36. The van der Waals surface area contributed by atoms with Crippen molar-refractivity contribution in [1.82, 2.24) is 0 Å². The maximum absolute atomic E-state index is 12.8. The zero-order valence-electron chi connectivity index (χ0n) is 12.7. The Bertz CT molecular complexity index is 740. The van der Waals surface area contributed by atoms with Crippen LogP contribution in [0.25, 0.3) is 6.08 Å². The molecular formula is C21H17NO. The van der Waals surface area contributed by atoms with Gasteiger partial charge in [-0.1, -0.05) is 66.7 Å². The smallest absolute Gasteiger partial charge is 0.255 e. The second-order valence-corrected chi connectivity index (χ2v) is 5.09. The van der Waals surface area contributed by atoms with E-state index in [1.165, 1.54) is 0 Å². The molecule has 0 spiro atoms. The van der Waals surface area contributed by atoms with Crippen molar-refractivity contribution in [2.75, 3.05) is 4.90 Å². The molecule has 2 nitrogen and oxygen atoms in total. The number of hydrogen-bond donors (Lipinski definition) is 0. The topological polar surface area (TPSA) is 20.3 Å². The summed E-state index contributed by atoms with van der Waals surface area (Å²) >= 11 is 0. The summed E-state index contributed by atoms with van der Waals surface area (Å²) in [6.45, 7) is 0. The van der Waals surface area contributed by atoms with E-state index >= 15 is 0 Å². The van der Waals surface area contributed by atoms with Crippen molar-refractivity contribution in [1.29, 1.82) is 0 Å². The minimum atomic E-state index is -0.0775. The molecule has 0 saturated carbocycles. The van der Waals surface area contributed by atoms with Crippen LogP contribution in [0, 0.1) is 0 Å². The Kier molecular flexibility index (Phi) is 4.65. The summed E-state index contributed by atoms with van der Waals surface area (Å²) in [6, 6.07) is 29.1. The van der Waals surface area contributed by atoms with Gasteiger partial charge in [0, 0.05) is 17.5 Å². The summed E-state index contributed by atoms with van der Waals surface area (Å²) in [4.78, 5) is 14.5. The zero-order valence-corrected chi connectivity index (χ0v) is 12.7. The van der Waals surface area contributed by atoms with Gasteiger partial charge >= 0.3 is 0 Å². The first kappa shape index (κ1) is 14.8. The van der Waals surface area contributed by atoms with E-state index in [9.17, 15) is 4.79 Å². The molecule has 23 heavy (non-hydrogen) atoms. The van der Waals surface area contributed by atoms with Crippen molar-refractivity contribution >= 4 is 23.4 Å². The van der Waals surface area contributed by atoms with Gasteiger partial charge in [-0.3, -0.25) is 9.69 Å². The Balaban J connectivity index is 1.93. The molecule has 3 aromatic rings. The lowest BCUT2D eigenvalue weighted by Crippen LogP contribution is -2.23. The SMILES string of the molecule is O=C(/C=C\c1ccccc1)N(c1ccccc1)c1ccccc1. The summed E-state index contributed by atoms with van der Waals surface area (Å²) in [5, 5.41) is 0. The quantitative estimate of drug-likeness (QED) is 0.616. The van der Waals surface area contributed by atoms with Gasteiger partial charge in [0.15, 0.2) is 0 Å². The lowest BCUT2D eigenvalue weighted by Gasteiger charge is -2.21. The molecular weight excluding hydrogens is 282 g/mol. The fourth-order valence-electron chi connectivity index (χ4n) is 2.36. The Morgan fingerprint density at radius 2 is 1.09 bits per heavy atom. The highest BCUT2D eigenvalue weighted by Gasteiger charge is 2.14. The number of carbonyl (C=O) groups excluding carboxylic acids is 1. The minimum Gasteiger partial charge on any atom is -0.278 e. The number of nitrogens with zero attached hydrogens (tertiary/aromatic N) is 1.